The number of hydrogen-bond donors (Lipinski definition) is 0. The van der Waals surface area contributed by atoms with Gasteiger partial charge in [-0.3, -0.25) is 0 Å². The lowest BCUT2D eigenvalue weighted by Gasteiger charge is -2.31. The number of rotatable bonds is 4. The molecule has 1 heterocycles. The van der Waals surface area contributed by atoms with Crippen molar-refractivity contribution in [2.45, 2.75) is 41.0 Å². The summed E-state index contributed by atoms with van der Waals surface area (Å²) in [4.78, 5) is 7.99. The van der Waals surface area contributed by atoms with Crippen LogP contribution in [0.25, 0.3) is 0 Å². The van der Waals surface area contributed by atoms with Gasteiger partial charge in [-0.05, 0) is 17.3 Å². The highest BCUT2D eigenvalue weighted by Crippen LogP contribution is 2.33. The van der Waals surface area contributed by atoms with Crippen LogP contribution in [0.15, 0.2) is 12.4 Å². The fraction of sp³-hybridized carbons (Fsp3) is 0.692. The highest BCUT2D eigenvalue weighted by atomic mass is 35.5. The molecule has 1 rings (SSSR count). The molecular weight excluding hydrogens is 236 g/mol. The van der Waals surface area contributed by atoms with Crippen LogP contribution in [-0.4, -0.2) is 16.6 Å². The Morgan fingerprint density at radius 3 is 2.24 bits per heavy atom. The second kappa shape index (κ2) is 5.21. The van der Waals surface area contributed by atoms with Gasteiger partial charge in [0, 0.05) is 0 Å². The molecule has 1 aromatic rings. The Labute approximate surface area is 109 Å². The first-order chi connectivity index (χ1) is 7.68. The van der Waals surface area contributed by atoms with E-state index in [-0.39, 0.29) is 5.41 Å². The summed E-state index contributed by atoms with van der Waals surface area (Å²) >= 11 is 5.66. The van der Waals surface area contributed by atoms with Gasteiger partial charge in [0.25, 0.3) is 0 Å². The lowest BCUT2D eigenvalue weighted by molar-refractivity contribution is 0.121. The molecule has 0 aliphatic carbocycles. The van der Waals surface area contributed by atoms with Gasteiger partial charge >= 0.3 is 0 Å². The quantitative estimate of drug-likeness (QED) is 0.818. The molecule has 0 saturated carbocycles. The van der Waals surface area contributed by atoms with Crippen molar-refractivity contribution in [3.05, 3.63) is 17.5 Å². The lowest BCUT2D eigenvalue weighted by Crippen LogP contribution is -2.27. The monoisotopic (exact) mass is 256 g/mol. The van der Waals surface area contributed by atoms with Gasteiger partial charge in [0.2, 0.25) is 5.88 Å². The van der Waals surface area contributed by atoms with E-state index in [1.165, 1.54) is 6.20 Å². The third kappa shape index (κ3) is 5.87. The molecule has 0 unspecified atom stereocenters. The highest BCUT2D eigenvalue weighted by Gasteiger charge is 2.26. The van der Waals surface area contributed by atoms with Crippen LogP contribution >= 0.6 is 11.6 Å². The molecule has 17 heavy (non-hydrogen) atoms. The maximum atomic E-state index is 5.66. The Balaban J connectivity index is 2.52. The van der Waals surface area contributed by atoms with Gasteiger partial charge in [-0.25, -0.2) is 9.97 Å². The van der Waals surface area contributed by atoms with E-state index in [0.29, 0.717) is 23.1 Å². The summed E-state index contributed by atoms with van der Waals surface area (Å²) in [7, 11) is 0. The van der Waals surface area contributed by atoms with Crippen molar-refractivity contribution in [3.63, 3.8) is 0 Å². The first-order valence-corrected chi connectivity index (χ1v) is 6.16. The summed E-state index contributed by atoms with van der Waals surface area (Å²) in [5.41, 5.74) is 0.401. The summed E-state index contributed by atoms with van der Waals surface area (Å²) in [6.45, 7) is 11.7. The first-order valence-electron chi connectivity index (χ1n) is 5.78. The van der Waals surface area contributed by atoms with Crippen molar-refractivity contribution in [2.24, 2.45) is 10.8 Å². The molecule has 4 heteroatoms. The first kappa shape index (κ1) is 14.2. The predicted molar refractivity (Wildman–Crippen MR) is 70.4 cm³/mol. The maximum absolute atomic E-state index is 5.66. The summed E-state index contributed by atoms with van der Waals surface area (Å²) < 4.78 is 5.64. The van der Waals surface area contributed by atoms with Gasteiger partial charge in [-0.1, -0.05) is 46.2 Å². The minimum absolute atomic E-state index is 0.111. The van der Waals surface area contributed by atoms with Gasteiger partial charge in [-0.15, -0.1) is 0 Å². The Bertz CT molecular complexity index is 355. The van der Waals surface area contributed by atoms with Gasteiger partial charge in [-0.2, -0.15) is 0 Å². The Morgan fingerprint density at radius 2 is 1.76 bits per heavy atom. The van der Waals surface area contributed by atoms with Crippen LogP contribution in [0.3, 0.4) is 0 Å². The van der Waals surface area contributed by atoms with E-state index in [2.05, 4.69) is 44.6 Å². The minimum Gasteiger partial charge on any atom is -0.476 e. The Hall–Kier alpha value is -0.830. The summed E-state index contributed by atoms with van der Waals surface area (Å²) in [6.07, 6.45) is 4.13. The lowest BCUT2D eigenvalue weighted by atomic mass is 9.77. The van der Waals surface area contributed by atoms with Crippen LogP contribution in [0.4, 0.5) is 0 Å². The molecule has 0 aliphatic heterocycles. The second-order valence-corrected chi connectivity index (χ2v) is 6.75. The van der Waals surface area contributed by atoms with E-state index >= 15 is 0 Å². The SMILES string of the molecule is CC(C)(C)CC(C)(C)COc1cnc(Cl)cn1. The molecule has 1 aromatic heterocycles. The van der Waals surface area contributed by atoms with E-state index in [4.69, 9.17) is 16.3 Å². The third-order valence-corrected chi connectivity index (χ3v) is 2.41. The topological polar surface area (TPSA) is 35.0 Å². The number of nitrogens with zero attached hydrogens (tertiary/aromatic N) is 2. The van der Waals surface area contributed by atoms with Crippen LogP contribution in [-0.2, 0) is 0 Å². The normalized spacial score (nSPS) is 12.6. The van der Waals surface area contributed by atoms with Crippen molar-refractivity contribution in [3.8, 4) is 5.88 Å². The molecule has 96 valence electrons. The minimum atomic E-state index is 0.111. The smallest absolute Gasteiger partial charge is 0.232 e. The Morgan fingerprint density at radius 1 is 1.12 bits per heavy atom. The third-order valence-electron chi connectivity index (χ3n) is 2.22. The summed E-state index contributed by atoms with van der Waals surface area (Å²) in [5.74, 6) is 0.524. The van der Waals surface area contributed by atoms with E-state index in [0.717, 1.165) is 6.42 Å². The van der Waals surface area contributed by atoms with Crippen LogP contribution < -0.4 is 4.74 Å². The van der Waals surface area contributed by atoms with Gasteiger partial charge in [0.05, 0.1) is 19.0 Å². The number of halogens is 1. The van der Waals surface area contributed by atoms with E-state index < -0.39 is 0 Å². The molecular formula is C13H21ClN2O. The second-order valence-electron chi connectivity index (χ2n) is 6.37. The van der Waals surface area contributed by atoms with Gasteiger partial charge in [0.15, 0.2) is 0 Å². The molecule has 0 atom stereocenters. The molecule has 0 radical (unpaired) electrons. The zero-order chi connectivity index (χ0) is 13.1. The molecule has 0 aromatic carbocycles. The van der Waals surface area contributed by atoms with E-state index in [1.54, 1.807) is 6.20 Å². The maximum Gasteiger partial charge on any atom is 0.232 e. The van der Waals surface area contributed by atoms with Crippen molar-refractivity contribution >= 4 is 11.6 Å². The molecule has 0 saturated heterocycles. The molecule has 0 aliphatic rings. The zero-order valence-corrected chi connectivity index (χ0v) is 12.0. The molecule has 0 amide bonds. The van der Waals surface area contributed by atoms with E-state index in [1.807, 2.05) is 0 Å². The Kier molecular flexibility index (Phi) is 4.36. The molecule has 3 nitrogen and oxygen atoms in total. The van der Waals surface area contributed by atoms with Gasteiger partial charge in [0.1, 0.15) is 5.15 Å². The fourth-order valence-corrected chi connectivity index (χ4v) is 2.23. The van der Waals surface area contributed by atoms with Crippen molar-refractivity contribution in [1.29, 1.82) is 0 Å². The summed E-state index contributed by atoms with van der Waals surface area (Å²) in [5, 5.41) is 0.381. The van der Waals surface area contributed by atoms with Crippen molar-refractivity contribution < 1.29 is 4.74 Å². The molecule has 0 N–H and O–H groups in total. The molecule has 0 fully saturated rings. The van der Waals surface area contributed by atoms with Crippen LogP contribution in [0.1, 0.15) is 41.0 Å². The molecule has 0 spiro atoms. The highest BCUT2D eigenvalue weighted by molar-refractivity contribution is 6.29. The standard InChI is InChI=1S/C13H21ClN2O/c1-12(2,3)8-13(4,5)9-17-11-7-15-10(14)6-16-11/h6-7H,8-9H2,1-5H3. The van der Waals surface area contributed by atoms with Gasteiger partial charge < -0.3 is 4.74 Å². The van der Waals surface area contributed by atoms with E-state index in [9.17, 15) is 0 Å². The number of hydrogen-bond acceptors (Lipinski definition) is 3. The van der Waals surface area contributed by atoms with Crippen LogP contribution in [0, 0.1) is 10.8 Å². The summed E-state index contributed by atoms with van der Waals surface area (Å²) in [6, 6.07) is 0. The predicted octanol–water partition coefficient (Wildman–Crippen LogP) is 3.97. The van der Waals surface area contributed by atoms with Crippen LogP contribution in [0.5, 0.6) is 5.88 Å². The fourth-order valence-electron chi connectivity index (χ4n) is 2.13. The zero-order valence-electron chi connectivity index (χ0n) is 11.2. The van der Waals surface area contributed by atoms with Crippen molar-refractivity contribution in [1.82, 2.24) is 9.97 Å². The number of ether oxygens (including phenoxy) is 1. The largest absolute Gasteiger partial charge is 0.476 e. The number of aromatic nitrogens is 2. The average molecular weight is 257 g/mol. The average Bonchev–Trinajstić information content (AvgIpc) is 2.13. The molecule has 0 bridgehead atoms. The van der Waals surface area contributed by atoms with Crippen molar-refractivity contribution in [2.75, 3.05) is 6.61 Å². The van der Waals surface area contributed by atoms with Crippen LogP contribution in [0.2, 0.25) is 5.15 Å².